The predicted molar refractivity (Wildman–Crippen MR) is 77.5 cm³/mol. The maximum atomic E-state index is 10.2. The van der Waals surface area contributed by atoms with Gasteiger partial charge in [0.2, 0.25) is 0 Å². The summed E-state index contributed by atoms with van der Waals surface area (Å²) in [6.45, 7) is 0. The molecule has 0 radical (unpaired) electrons. The first-order valence-electron chi connectivity index (χ1n) is 5.15. The van der Waals surface area contributed by atoms with Crippen LogP contribution in [0.3, 0.4) is 0 Å². The van der Waals surface area contributed by atoms with Crippen molar-refractivity contribution < 1.29 is 5.11 Å². The molecule has 2 heterocycles. The lowest BCUT2D eigenvalue weighted by molar-refractivity contribution is 0.172. The molecule has 18 heavy (non-hydrogen) atoms. The molecule has 0 aliphatic rings. The van der Waals surface area contributed by atoms with Gasteiger partial charge >= 0.3 is 0 Å². The third kappa shape index (κ3) is 3.29. The lowest BCUT2D eigenvalue weighted by Gasteiger charge is -2.12. The largest absolute Gasteiger partial charge is 0.386 e. The number of aliphatic hydroxyl groups excluding tert-OH is 1. The summed E-state index contributed by atoms with van der Waals surface area (Å²) in [5.41, 5.74) is 1.43. The van der Waals surface area contributed by atoms with Crippen LogP contribution in [0.15, 0.2) is 39.7 Å². The average molecular weight is 392 g/mol. The Kier molecular flexibility index (Phi) is 4.72. The molecule has 2 aromatic rings. The summed E-state index contributed by atoms with van der Waals surface area (Å²) >= 11 is 12.7. The number of pyridine rings is 2. The maximum Gasteiger partial charge on any atom is 0.101 e. The van der Waals surface area contributed by atoms with Gasteiger partial charge in [0, 0.05) is 34.0 Å². The van der Waals surface area contributed by atoms with Crippen LogP contribution in [0.1, 0.15) is 17.4 Å². The fourth-order valence-corrected chi connectivity index (χ4v) is 2.99. The number of hydrogen-bond acceptors (Lipinski definition) is 3. The van der Waals surface area contributed by atoms with Crippen molar-refractivity contribution in [3.63, 3.8) is 0 Å². The van der Waals surface area contributed by atoms with Crippen LogP contribution >= 0.6 is 43.5 Å². The van der Waals surface area contributed by atoms with Crippen LogP contribution in [-0.4, -0.2) is 15.1 Å². The summed E-state index contributed by atoms with van der Waals surface area (Å²) in [4.78, 5) is 8.11. The molecule has 2 rings (SSSR count). The first-order valence-corrected chi connectivity index (χ1v) is 7.11. The van der Waals surface area contributed by atoms with Crippen LogP contribution in [0.25, 0.3) is 0 Å². The summed E-state index contributed by atoms with van der Waals surface area (Å²) in [5.74, 6) is 0. The van der Waals surface area contributed by atoms with Crippen LogP contribution in [-0.2, 0) is 6.42 Å². The molecule has 0 fully saturated rings. The van der Waals surface area contributed by atoms with Crippen LogP contribution in [0, 0.1) is 0 Å². The van der Waals surface area contributed by atoms with E-state index in [0.717, 1.165) is 14.5 Å². The van der Waals surface area contributed by atoms with E-state index in [9.17, 15) is 5.11 Å². The molecule has 1 atom stereocenters. The first-order chi connectivity index (χ1) is 8.58. The van der Waals surface area contributed by atoms with E-state index in [-0.39, 0.29) is 0 Å². The molecule has 6 heteroatoms. The van der Waals surface area contributed by atoms with Crippen molar-refractivity contribution in [2.75, 3.05) is 0 Å². The number of halogens is 3. The Morgan fingerprint density at radius 3 is 2.78 bits per heavy atom. The van der Waals surface area contributed by atoms with E-state index in [4.69, 9.17) is 11.6 Å². The standard InChI is InChI=1S/C12H9Br2ClN2O/c13-8-4-9(14)12(17-5-8)11(18)3-7-1-2-16-6-10(7)15/h1-2,4-6,11,18H,3H2. The minimum Gasteiger partial charge on any atom is -0.386 e. The number of hydrogen-bond donors (Lipinski definition) is 1. The normalized spacial score (nSPS) is 12.4. The molecule has 0 spiro atoms. The van der Waals surface area contributed by atoms with Crippen LogP contribution in [0.5, 0.6) is 0 Å². The monoisotopic (exact) mass is 390 g/mol. The second kappa shape index (κ2) is 6.10. The highest BCUT2D eigenvalue weighted by atomic mass is 79.9. The quantitative estimate of drug-likeness (QED) is 0.861. The van der Waals surface area contributed by atoms with Gasteiger partial charge in [-0.2, -0.15) is 0 Å². The highest BCUT2D eigenvalue weighted by molar-refractivity contribution is 9.11. The molecule has 0 saturated carbocycles. The van der Waals surface area contributed by atoms with E-state index >= 15 is 0 Å². The van der Waals surface area contributed by atoms with Crippen molar-refractivity contribution in [2.24, 2.45) is 0 Å². The Morgan fingerprint density at radius 1 is 1.33 bits per heavy atom. The van der Waals surface area contributed by atoms with E-state index < -0.39 is 6.10 Å². The molecule has 1 unspecified atom stereocenters. The van der Waals surface area contributed by atoms with Crippen LogP contribution in [0.4, 0.5) is 0 Å². The Balaban J connectivity index is 2.22. The van der Waals surface area contributed by atoms with E-state index in [1.165, 1.54) is 0 Å². The minimum atomic E-state index is -0.715. The predicted octanol–water partition coefficient (Wildman–Crippen LogP) is 3.93. The zero-order valence-corrected chi connectivity index (χ0v) is 13.1. The topological polar surface area (TPSA) is 46.0 Å². The molecular formula is C12H9Br2ClN2O. The number of aliphatic hydroxyl groups is 1. The minimum absolute atomic E-state index is 0.397. The van der Waals surface area contributed by atoms with Crippen LogP contribution in [0.2, 0.25) is 5.02 Å². The van der Waals surface area contributed by atoms with Gasteiger partial charge in [0.25, 0.3) is 0 Å². The van der Waals surface area contributed by atoms with Gasteiger partial charge in [0.1, 0.15) is 6.10 Å². The molecule has 3 nitrogen and oxygen atoms in total. The number of aromatic nitrogens is 2. The highest BCUT2D eigenvalue weighted by Crippen LogP contribution is 2.28. The van der Waals surface area contributed by atoms with Crippen molar-refractivity contribution in [1.29, 1.82) is 0 Å². The van der Waals surface area contributed by atoms with Crippen molar-refractivity contribution in [2.45, 2.75) is 12.5 Å². The van der Waals surface area contributed by atoms with Crippen molar-refractivity contribution in [3.05, 3.63) is 55.9 Å². The molecule has 0 aliphatic carbocycles. The lowest BCUT2D eigenvalue weighted by Crippen LogP contribution is -2.05. The third-order valence-electron chi connectivity index (χ3n) is 2.42. The second-order valence-corrected chi connectivity index (χ2v) is 5.88. The molecule has 0 amide bonds. The van der Waals surface area contributed by atoms with Crippen molar-refractivity contribution in [1.82, 2.24) is 9.97 Å². The Labute approximate surface area is 126 Å². The van der Waals surface area contributed by atoms with Gasteiger partial charge in [-0.3, -0.25) is 9.97 Å². The van der Waals surface area contributed by atoms with Crippen LogP contribution < -0.4 is 0 Å². The first kappa shape index (κ1) is 13.9. The highest BCUT2D eigenvalue weighted by Gasteiger charge is 2.15. The molecule has 0 bridgehead atoms. The summed E-state index contributed by atoms with van der Waals surface area (Å²) in [6, 6.07) is 3.64. The smallest absolute Gasteiger partial charge is 0.101 e. The number of nitrogens with zero attached hydrogens (tertiary/aromatic N) is 2. The molecule has 0 aliphatic heterocycles. The Morgan fingerprint density at radius 2 is 2.11 bits per heavy atom. The van der Waals surface area contributed by atoms with E-state index in [1.54, 1.807) is 24.7 Å². The van der Waals surface area contributed by atoms with E-state index in [2.05, 4.69) is 41.8 Å². The van der Waals surface area contributed by atoms with Crippen molar-refractivity contribution in [3.8, 4) is 0 Å². The fraction of sp³-hybridized carbons (Fsp3) is 0.167. The molecular weight excluding hydrogens is 383 g/mol. The molecule has 0 aromatic carbocycles. The zero-order chi connectivity index (χ0) is 13.1. The summed E-state index contributed by atoms with van der Waals surface area (Å²) in [6.07, 6.45) is 4.55. The number of rotatable bonds is 3. The summed E-state index contributed by atoms with van der Waals surface area (Å²) in [7, 11) is 0. The molecule has 0 saturated heterocycles. The molecule has 2 aromatic heterocycles. The second-order valence-electron chi connectivity index (χ2n) is 3.71. The van der Waals surface area contributed by atoms with Gasteiger partial charge in [-0.1, -0.05) is 11.6 Å². The maximum absolute atomic E-state index is 10.2. The van der Waals surface area contributed by atoms with Gasteiger partial charge in [0.15, 0.2) is 0 Å². The van der Waals surface area contributed by atoms with Gasteiger partial charge in [-0.25, -0.2) is 0 Å². The Hall–Kier alpha value is -0.490. The van der Waals surface area contributed by atoms with E-state index in [0.29, 0.717) is 17.1 Å². The summed E-state index contributed by atoms with van der Waals surface area (Å²) < 4.78 is 1.61. The zero-order valence-electron chi connectivity index (χ0n) is 9.15. The van der Waals surface area contributed by atoms with E-state index in [1.807, 2.05) is 6.07 Å². The average Bonchev–Trinajstić information content (AvgIpc) is 2.32. The fourth-order valence-electron chi connectivity index (χ4n) is 1.54. The molecule has 94 valence electrons. The SMILES string of the molecule is OC(Cc1ccncc1Cl)c1ncc(Br)cc1Br. The van der Waals surface area contributed by atoms with Gasteiger partial charge < -0.3 is 5.11 Å². The molecule has 1 N–H and O–H groups in total. The van der Waals surface area contributed by atoms with Gasteiger partial charge in [-0.15, -0.1) is 0 Å². The summed E-state index contributed by atoms with van der Waals surface area (Å²) in [5, 5.41) is 10.7. The van der Waals surface area contributed by atoms with Gasteiger partial charge in [0.05, 0.1) is 10.7 Å². The van der Waals surface area contributed by atoms with Gasteiger partial charge in [-0.05, 0) is 49.6 Å². The third-order valence-corrected chi connectivity index (χ3v) is 3.83. The Bertz CT molecular complexity index is 566. The lowest BCUT2D eigenvalue weighted by atomic mass is 10.1. The van der Waals surface area contributed by atoms with Crippen molar-refractivity contribution >= 4 is 43.5 Å².